The lowest BCUT2D eigenvalue weighted by Crippen LogP contribution is -3.00. The number of aromatic nitrogens is 2. The molecule has 0 N–H and O–H groups in total. The van der Waals surface area contributed by atoms with Gasteiger partial charge in [-0.15, -0.1) is 0 Å². The summed E-state index contributed by atoms with van der Waals surface area (Å²) in [6.45, 7) is 6.89. The average molecular weight is 328 g/mol. The van der Waals surface area contributed by atoms with Gasteiger partial charge in [0.2, 0.25) is 0 Å². The Morgan fingerprint density at radius 2 is 1.83 bits per heavy atom. The lowest BCUT2D eigenvalue weighted by atomic mass is 10.1. The Hall–Kier alpha value is -2.26. The molecule has 120 valence electrons. The number of benzene rings is 2. The standard InChI is InChI=1S/C19H20N2O.ClH/c1-14(2)13-21-18-7-5-4-6-17(18)20-19(21)12-15-8-10-16(22-3)11-9-15;/h4-11H,1,12-13H2,2-3H3;1H/p-1. The summed E-state index contributed by atoms with van der Waals surface area (Å²) in [6, 6.07) is 16.4. The van der Waals surface area contributed by atoms with E-state index in [1.807, 2.05) is 25.1 Å². The minimum absolute atomic E-state index is 0. The Balaban J connectivity index is 0.00000192. The van der Waals surface area contributed by atoms with Gasteiger partial charge in [-0.05, 0) is 36.8 Å². The molecule has 0 unspecified atom stereocenters. The zero-order chi connectivity index (χ0) is 15.5. The third kappa shape index (κ3) is 3.74. The van der Waals surface area contributed by atoms with Crippen molar-refractivity contribution in [2.75, 3.05) is 7.11 Å². The normalized spacial score (nSPS) is 10.3. The van der Waals surface area contributed by atoms with Crippen LogP contribution in [0.25, 0.3) is 11.0 Å². The van der Waals surface area contributed by atoms with E-state index in [9.17, 15) is 0 Å². The van der Waals surface area contributed by atoms with Crippen LogP contribution in [0.1, 0.15) is 18.3 Å². The maximum Gasteiger partial charge on any atom is 0.118 e. The molecule has 0 bridgehead atoms. The summed E-state index contributed by atoms with van der Waals surface area (Å²) in [5.41, 5.74) is 4.54. The van der Waals surface area contributed by atoms with Gasteiger partial charge in [-0.25, -0.2) is 4.98 Å². The Morgan fingerprint density at radius 3 is 2.48 bits per heavy atom. The fourth-order valence-corrected chi connectivity index (χ4v) is 2.63. The van der Waals surface area contributed by atoms with Gasteiger partial charge >= 0.3 is 0 Å². The van der Waals surface area contributed by atoms with Crippen LogP contribution in [0.5, 0.6) is 5.75 Å². The van der Waals surface area contributed by atoms with Gasteiger partial charge in [-0.2, -0.15) is 0 Å². The maximum absolute atomic E-state index is 5.21. The molecule has 1 aromatic heterocycles. The number of fused-ring (bicyclic) bond motifs is 1. The van der Waals surface area contributed by atoms with Gasteiger partial charge in [-0.3, -0.25) is 0 Å². The molecule has 0 aliphatic carbocycles. The number of halogens is 1. The molecule has 0 aliphatic heterocycles. The highest BCUT2D eigenvalue weighted by Crippen LogP contribution is 2.20. The van der Waals surface area contributed by atoms with Gasteiger partial charge in [0.05, 0.1) is 18.1 Å². The fourth-order valence-electron chi connectivity index (χ4n) is 2.63. The quantitative estimate of drug-likeness (QED) is 0.659. The van der Waals surface area contributed by atoms with E-state index < -0.39 is 0 Å². The molecule has 0 saturated heterocycles. The van der Waals surface area contributed by atoms with Crippen molar-refractivity contribution in [3.8, 4) is 5.75 Å². The summed E-state index contributed by atoms with van der Waals surface area (Å²) in [4.78, 5) is 4.79. The summed E-state index contributed by atoms with van der Waals surface area (Å²) >= 11 is 0. The number of ether oxygens (including phenoxy) is 1. The molecular formula is C19H20ClN2O-. The largest absolute Gasteiger partial charge is 1.00 e. The highest BCUT2D eigenvalue weighted by Gasteiger charge is 2.11. The van der Waals surface area contributed by atoms with Gasteiger partial charge in [0.15, 0.2) is 0 Å². The molecule has 0 amide bonds. The number of para-hydroxylation sites is 2. The van der Waals surface area contributed by atoms with Crippen LogP contribution in [-0.2, 0) is 13.0 Å². The highest BCUT2D eigenvalue weighted by atomic mass is 35.5. The molecule has 2 aromatic carbocycles. The van der Waals surface area contributed by atoms with Crippen LogP contribution in [0.15, 0.2) is 60.7 Å². The second-order valence-electron chi connectivity index (χ2n) is 5.58. The van der Waals surface area contributed by atoms with E-state index in [-0.39, 0.29) is 12.4 Å². The van der Waals surface area contributed by atoms with Crippen LogP contribution in [-0.4, -0.2) is 16.7 Å². The first kappa shape index (κ1) is 17.1. The van der Waals surface area contributed by atoms with Crippen molar-refractivity contribution in [3.05, 3.63) is 72.1 Å². The number of imidazole rings is 1. The molecule has 0 aliphatic rings. The molecule has 0 fully saturated rings. The van der Waals surface area contributed by atoms with Crippen molar-refractivity contribution in [1.29, 1.82) is 0 Å². The van der Waals surface area contributed by atoms with E-state index >= 15 is 0 Å². The summed E-state index contributed by atoms with van der Waals surface area (Å²) < 4.78 is 7.46. The summed E-state index contributed by atoms with van der Waals surface area (Å²) in [5.74, 6) is 1.94. The van der Waals surface area contributed by atoms with Gasteiger partial charge in [0.25, 0.3) is 0 Å². The van der Waals surface area contributed by atoms with Crippen LogP contribution in [0.4, 0.5) is 0 Å². The van der Waals surface area contributed by atoms with E-state index in [4.69, 9.17) is 9.72 Å². The lowest BCUT2D eigenvalue weighted by molar-refractivity contribution is -0.00000496. The predicted octanol–water partition coefficient (Wildman–Crippen LogP) is 1.22. The maximum atomic E-state index is 5.21. The van der Waals surface area contributed by atoms with E-state index in [0.717, 1.165) is 41.1 Å². The van der Waals surface area contributed by atoms with Gasteiger partial charge in [0.1, 0.15) is 11.6 Å². The first-order valence-electron chi connectivity index (χ1n) is 7.39. The third-order valence-corrected chi connectivity index (χ3v) is 3.68. The second kappa shape index (κ2) is 7.34. The monoisotopic (exact) mass is 327 g/mol. The lowest BCUT2D eigenvalue weighted by Gasteiger charge is -2.09. The molecule has 3 aromatic rings. The first-order valence-corrected chi connectivity index (χ1v) is 7.39. The number of nitrogens with zero attached hydrogens (tertiary/aromatic N) is 2. The van der Waals surface area contributed by atoms with Crippen LogP contribution in [0.3, 0.4) is 0 Å². The van der Waals surface area contributed by atoms with Crippen LogP contribution in [0.2, 0.25) is 0 Å². The molecule has 1 heterocycles. The highest BCUT2D eigenvalue weighted by molar-refractivity contribution is 5.76. The Morgan fingerprint density at radius 1 is 1.13 bits per heavy atom. The fraction of sp³-hybridized carbons (Fsp3) is 0.211. The van der Waals surface area contributed by atoms with Crippen molar-refractivity contribution in [3.63, 3.8) is 0 Å². The van der Waals surface area contributed by atoms with Crippen molar-refractivity contribution in [2.24, 2.45) is 0 Å². The van der Waals surface area contributed by atoms with Crippen LogP contribution in [0, 0.1) is 0 Å². The number of hydrogen-bond donors (Lipinski definition) is 0. The van der Waals surface area contributed by atoms with Gasteiger partial charge in [-0.1, -0.05) is 36.4 Å². The number of methoxy groups -OCH3 is 1. The molecule has 0 spiro atoms. The molecule has 23 heavy (non-hydrogen) atoms. The topological polar surface area (TPSA) is 27.1 Å². The summed E-state index contributed by atoms with van der Waals surface area (Å²) in [5, 5.41) is 0. The molecule has 0 atom stereocenters. The zero-order valence-electron chi connectivity index (χ0n) is 13.4. The second-order valence-corrected chi connectivity index (χ2v) is 5.58. The van der Waals surface area contributed by atoms with Crippen LogP contribution < -0.4 is 17.1 Å². The number of hydrogen-bond acceptors (Lipinski definition) is 2. The minimum atomic E-state index is 0. The molecule has 0 radical (unpaired) electrons. The minimum Gasteiger partial charge on any atom is -1.00 e. The third-order valence-electron chi connectivity index (χ3n) is 3.68. The van der Waals surface area contributed by atoms with E-state index in [2.05, 4.69) is 41.5 Å². The molecule has 3 nitrogen and oxygen atoms in total. The van der Waals surface area contributed by atoms with E-state index in [1.165, 1.54) is 5.56 Å². The summed E-state index contributed by atoms with van der Waals surface area (Å²) in [6.07, 6.45) is 0.798. The molecule has 3 rings (SSSR count). The van der Waals surface area contributed by atoms with Crippen LogP contribution >= 0.6 is 0 Å². The average Bonchev–Trinajstić information content (AvgIpc) is 2.85. The van der Waals surface area contributed by atoms with E-state index in [1.54, 1.807) is 7.11 Å². The van der Waals surface area contributed by atoms with Gasteiger partial charge in [0, 0.05) is 13.0 Å². The molecule has 4 heteroatoms. The smallest absolute Gasteiger partial charge is 0.118 e. The van der Waals surface area contributed by atoms with Crippen molar-refractivity contribution in [1.82, 2.24) is 9.55 Å². The predicted molar refractivity (Wildman–Crippen MR) is 90.3 cm³/mol. The first-order chi connectivity index (χ1) is 10.7. The number of rotatable bonds is 5. The Labute approximate surface area is 143 Å². The van der Waals surface area contributed by atoms with Crippen molar-refractivity contribution >= 4 is 11.0 Å². The SMILES string of the molecule is C=C(C)Cn1c(Cc2ccc(OC)cc2)nc2ccccc21.[Cl-]. The zero-order valence-corrected chi connectivity index (χ0v) is 14.2. The van der Waals surface area contributed by atoms with Crippen molar-refractivity contribution < 1.29 is 17.1 Å². The molecule has 0 saturated carbocycles. The Kier molecular flexibility index (Phi) is 5.45. The number of allylic oxidation sites excluding steroid dienone is 1. The Bertz CT molecular complexity index is 806. The summed E-state index contributed by atoms with van der Waals surface area (Å²) in [7, 11) is 1.68. The van der Waals surface area contributed by atoms with Crippen molar-refractivity contribution in [2.45, 2.75) is 19.9 Å². The van der Waals surface area contributed by atoms with Gasteiger partial charge < -0.3 is 21.7 Å². The molecular weight excluding hydrogens is 308 g/mol. The van der Waals surface area contributed by atoms with E-state index in [0.29, 0.717) is 0 Å².